The monoisotopic (exact) mass is 277 g/mol. The number of hydrogen-bond donors (Lipinski definition) is 1. The summed E-state index contributed by atoms with van der Waals surface area (Å²) in [5, 5.41) is 9.12. The molecule has 0 aromatic carbocycles. The van der Waals surface area contributed by atoms with Crippen molar-refractivity contribution in [1.82, 2.24) is 14.9 Å². The van der Waals surface area contributed by atoms with Crippen LogP contribution in [0, 0.1) is 19.8 Å². The molecule has 1 amide bonds. The van der Waals surface area contributed by atoms with Crippen LogP contribution in [0.5, 0.6) is 0 Å². The third kappa shape index (κ3) is 2.95. The van der Waals surface area contributed by atoms with Gasteiger partial charge in [-0.2, -0.15) is 0 Å². The van der Waals surface area contributed by atoms with Gasteiger partial charge in [-0.25, -0.2) is 9.97 Å². The van der Waals surface area contributed by atoms with Crippen LogP contribution in [-0.2, 0) is 4.79 Å². The van der Waals surface area contributed by atoms with Gasteiger partial charge in [0.25, 0.3) is 5.91 Å². The Morgan fingerprint density at radius 2 is 2.00 bits per heavy atom. The minimum absolute atomic E-state index is 0.0358. The lowest BCUT2D eigenvalue weighted by atomic mass is 9.93. The second kappa shape index (κ2) is 5.56. The van der Waals surface area contributed by atoms with Crippen molar-refractivity contribution in [1.29, 1.82) is 0 Å². The van der Waals surface area contributed by atoms with Crippen molar-refractivity contribution in [3.8, 4) is 0 Å². The van der Waals surface area contributed by atoms with Crippen molar-refractivity contribution in [2.45, 2.75) is 39.7 Å². The number of aliphatic carboxylic acids is 1. The Hall–Kier alpha value is -1.98. The fraction of sp³-hybridized carbons (Fsp3) is 0.571. The van der Waals surface area contributed by atoms with Crippen molar-refractivity contribution in [3.63, 3.8) is 0 Å². The van der Waals surface area contributed by atoms with E-state index in [4.69, 9.17) is 5.11 Å². The SMILES string of the molecule is Cc1cc(C(=O)N2CC(C(=O)O)CCC2C)nc(C)n1. The molecule has 1 aliphatic rings. The summed E-state index contributed by atoms with van der Waals surface area (Å²) in [7, 11) is 0. The van der Waals surface area contributed by atoms with Crippen LogP contribution in [0.15, 0.2) is 6.07 Å². The molecule has 1 N–H and O–H groups in total. The van der Waals surface area contributed by atoms with Gasteiger partial charge in [0.1, 0.15) is 11.5 Å². The first-order valence-electron chi connectivity index (χ1n) is 6.74. The van der Waals surface area contributed by atoms with Gasteiger partial charge in [-0.05, 0) is 39.7 Å². The highest BCUT2D eigenvalue weighted by Gasteiger charge is 2.33. The van der Waals surface area contributed by atoms with Gasteiger partial charge in [0.2, 0.25) is 0 Å². The molecule has 1 aliphatic heterocycles. The van der Waals surface area contributed by atoms with Gasteiger partial charge < -0.3 is 10.0 Å². The molecule has 0 spiro atoms. The molecule has 0 saturated carbocycles. The molecule has 0 bridgehead atoms. The Bertz CT molecular complexity index is 524. The van der Waals surface area contributed by atoms with E-state index in [1.54, 1.807) is 17.9 Å². The molecule has 2 rings (SSSR count). The molecule has 0 radical (unpaired) electrons. The summed E-state index contributed by atoms with van der Waals surface area (Å²) < 4.78 is 0. The molecule has 2 atom stereocenters. The molecule has 6 nitrogen and oxygen atoms in total. The zero-order chi connectivity index (χ0) is 14.9. The summed E-state index contributed by atoms with van der Waals surface area (Å²) in [5.74, 6) is -0.992. The van der Waals surface area contributed by atoms with Crippen LogP contribution in [-0.4, -0.2) is 44.4 Å². The molecule has 2 heterocycles. The van der Waals surface area contributed by atoms with Crippen LogP contribution in [0.4, 0.5) is 0 Å². The molecule has 20 heavy (non-hydrogen) atoms. The molecular weight excluding hydrogens is 258 g/mol. The normalized spacial score (nSPS) is 22.6. The second-order valence-electron chi connectivity index (χ2n) is 5.36. The van der Waals surface area contributed by atoms with Gasteiger partial charge in [0.15, 0.2) is 0 Å². The van der Waals surface area contributed by atoms with Crippen LogP contribution in [0.1, 0.15) is 41.8 Å². The quantitative estimate of drug-likeness (QED) is 0.883. The summed E-state index contributed by atoms with van der Waals surface area (Å²) in [6, 6.07) is 1.68. The molecular formula is C14H19N3O3. The fourth-order valence-corrected chi connectivity index (χ4v) is 2.57. The number of nitrogens with zero attached hydrogens (tertiary/aromatic N) is 3. The first-order chi connectivity index (χ1) is 9.38. The Morgan fingerprint density at radius 3 is 2.60 bits per heavy atom. The average Bonchev–Trinajstić information content (AvgIpc) is 2.37. The van der Waals surface area contributed by atoms with E-state index in [9.17, 15) is 9.59 Å². The van der Waals surface area contributed by atoms with E-state index in [2.05, 4.69) is 9.97 Å². The van der Waals surface area contributed by atoms with E-state index in [0.29, 0.717) is 24.4 Å². The first kappa shape index (κ1) is 14.4. The van der Waals surface area contributed by atoms with Gasteiger partial charge in [-0.3, -0.25) is 9.59 Å². The molecule has 0 aliphatic carbocycles. The number of hydrogen-bond acceptors (Lipinski definition) is 4. The molecule has 2 unspecified atom stereocenters. The minimum atomic E-state index is -0.843. The molecule has 1 saturated heterocycles. The minimum Gasteiger partial charge on any atom is -0.481 e. The number of likely N-dealkylation sites (tertiary alicyclic amines) is 1. The second-order valence-corrected chi connectivity index (χ2v) is 5.36. The topological polar surface area (TPSA) is 83.4 Å². The predicted molar refractivity (Wildman–Crippen MR) is 72.4 cm³/mol. The van der Waals surface area contributed by atoms with Gasteiger partial charge in [-0.1, -0.05) is 0 Å². The summed E-state index contributed by atoms with van der Waals surface area (Å²) >= 11 is 0. The van der Waals surface area contributed by atoms with Crippen LogP contribution in [0.3, 0.4) is 0 Å². The number of amides is 1. The Labute approximate surface area is 117 Å². The van der Waals surface area contributed by atoms with Gasteiger partial charge in [0, 0.05) is 18.3 Å². The molecule has 108 valence electrons. The summed E-state index contributed by atoms with van der Waals surface area (Å²) in [5.41, 5.74) is 1.08. The maximum absolute atomic E-state index is 12.5. The van der Waals surface area contributed by atoms with Gasteiger partial charge in [0.05, 0.1) is 5.92 Å². The number of carboxylic acid groups (broad SMARTS) is 1. The van der Waals surface area contributed by atoms with Crippen molar-refractivity contribution in [2.75, 3.05) is 6.54 Å². The van der Waals surface area contributed by atoms with Crippen LogP contribution < -0.4 is 0 Å². The number of aromatic nitrogens is 2. The van der Waals surface area contributed by atoms with E-state index >= 15 is 0 Å². The van der Waals surface area contributed by atoms with E-state index in [1.807, 2.05) is 13.8 Å². The third-order valence-electron chi connectivity index (χ3n) is 3.68. The Morgan fingerprint density at radius 1 is 1.30 bits per heavy atom. The molecule has 1 aromatic rings. The Balaban J connectivity index is 2.24. The zero-order valence-electron chi connectivity index (χ0n) is 12.0. The van der Waals surface area contributed by atoms with Crippen LogP contribution in [0.25, 0.3) is 0 Å². The Kier molecular flexibility index (Phi) is 4.01. The molecule has 1 aromatic heterocycles. The highest BCUT2D eigenvalue weighted by molar-refractivity contribution is 5.93. The highest BCUT2D eigenvalue weighted by atomic mass is 16.4. The summed E-state index contributed by atoms with van der Waals surface area (Å²) in [4.78, 5) is 33.6. The smallest absolute Gasteiger partial charge is 0.308 e. The van der Waals surface area contributed by atoms with Crippen LogP contribution >= 0.6 is 0 Å². The number of aryl methyl sites for hydroxylation is 2. The largest absolute Gasteiger partial charge is 0.481 e. The molecule has 1 fully saturated rings. The third-order valence-corrected chi connectivity index (χ3v) is 3.68. The first-order valence-corrected chi connectivity index (χ1v) is 6.74. The van der Waals surface area contributed by atoms with E-state index < -0.39 is 11.9 Å². The fourth-order valence-electron chi connectivity index (χ4n) is 2.57. The number of piperidine rings is 1. The number of carbonyl (C=O) groups excluding carboxylic acids is 1. The van der Waals surface area contributed by atoms with Crippen LogP contribution in [0.2, 0.25) is 0 Å². The maximum Gasteiger partial charge on any atom is 0.308 e. The lowest BCUT2D eigenvalue weighted by Gasteiger charge is -2.36. The average molecular weight is 277 g/mol. The standard InChI is InChI=1S/C14H19N3O3/c1-8-6-12(16-10(3)15-8)13(18)17-7-11(14(19)20)5-4-9(17)2/h6,9,11H,4-5,7H2,1-3H3,(H,19,20). The van der Waals surface area contributed by atoms with E-state index in [0.717, 1.165) is 5.69 Å². The van der Waals surface area contributed by atoms with E-state index in [1.165, 1.54) is 0 Å². The lowest BCUT2D eigenvalue weighted by molar-refractivity contribution is -0.143. The van der Waals surface area contributed by atoms with Gasteiger partial charge in [-0.15, -0.1) is 0 Å². The van der Waals surface area contributed by atoms with Crippen molar-refractivity contribution in [3.05, 3.63) is 23.3 Å². The number of carboxylic acids is 1. The van der Waals surface area contributed by atoms with Crippen molar-refractivity contribution in [2.24, 2.45) is 5.92 Å². The summed E-state index contributed by atoms with van der Waals surface area (Å²) in [6.45, 7) is 5.74. The molecule has 6 heteroatoms. The number of carbonyl (C=O) groups is 2. The van der Waals surface area contributed by atoms with Gasteiger partial charge >= 0.3 is 5.97 Å². The van der Waals surface area contributed by atoms with Crippen molar-refractivity contribution >= 4 is 11.9 Å². The zero-order valence-corrected chi connectivity index (χ0v) is 12.0. The summed E-state index contributed by atoms with van der Waals surface area (Å²) in [6.07, 6.45) is 1.31. The highest BCUT2D eigenvalue weighted by Crippen LogP contribution is 2.23. The predicted octanol–water partition coefficient (Wildman–Crippen LogP) is 1.42. The maximum atomic E-state index is 12.5. The van der Waals surface area contributed by atoms with Crippen molar-refractivity contribution < 1.29 is 14.7 Å². The lowest BCUT2D eigenvalue weighted by Crippen LogP contribution is -2.47. The van der Waals surface area contributed by atoms with E-state index in [-0.39, 0.29) is 18.5 Å². The number of rotatable bonds is 2.